The molecule has 0 aromatic carbocycles. The van der Waals surface area contributed by atoms with E-state index in [1.807, 2.05) is 0 Å². The van der Waals surface area contributed by atoms with Crippen molar-refractivity contribution in [1.82, 2.24) is 0 Å². The summed E-state index contributed by atoms with van der Waals surface area (Å²) < 4.78 is 53.9. The Morgan fingerprint density at radius 2 is 1.11 bits per heavy atom. The van der Waals surface area contributed by atoms with Crippen molar-refractivity contribution in [2.45, 2.75) is 103 Å². The van der Waals surface area contributed by atoms with Crippen LogP contribution < -0.4 is 0 Å². The van der Waals surface area contributed by atoms with E-state index in [1.165, 1.54) is 0 Å². The first-order valence-corrected chi connectivity index (χ1v) is 13.2. The van der Waals surface area contributed by atoms with E-state index in [9.17, 15) is 38.7 Å². The van der Waals surface area contributed by atoms with Gasteiger partial charge >= 0.3 is 41.8 Å². The van der Waals surface area contributed by atoms with Gasteiger partial charge in [0.2, 0.25) is 5.79 Å². The van der Waals surface area contributed by atoms with E-state index in [4.69, 9.17) is 47.4 Å². The highest BCUT2D eigenvalue weighted by Gasteiger charge is 2.59. The van der Waals surface area contributed by atoms with Gasteiger partial charge in [0, 0.05) is 48.5 Å². The summed E-state index contributed by atoms with van der Waals surface area (Å²) in [5.74, 6) is -8.72. The van der Waals surface area contributed by atoms with Crippen LogP contribution in [0.1, 0.15) is 48.5 Å². The summed E-state index contributed by atoms with van der Waals surface area (Å²) in [5.41, 5.74) is 0. The lowest BCUT2D eigenvalue weighted by molar-refractivity contribution is -0.387. The van der Waals surface area contributed by atoms with Gasteiger partial charge in [-0.2, -0.15) is 0 Å². The molecule has 0 amide bonds. The van der Waals surface area contributed by atoms with Crippen molar-refractivity contribution in [1.29, 1.82) is 0 Å². The number of ether oxygens (including phenoxy) is 10. The number of rotatable bonds is 11. The van der Waals surface area contributed by atoms with Gasteiger partial charge in [-0.05, 0) is 0 Å². The molecule has 0 aliphatic carbocycles. The first-order chi connectivity index (χ1) is 20.4. The average Bonchev–Trinajstić information content (AvgIpc) is 2.87. The number of carbonyl (C=O) groups is 7. The SMILES string of the molecule is CC(=O)OC[C@@H]1O[C@@H](O[C@@H]2[C@H](OC(C)=O)[C@H](OC(C)=O)CO[C@]2(O)COC(C)=O)[C@@H](OC(C)=O)[C@@H](OC(C)=O)[C@@H]1OC(C)=O. The minimum Gasteiger partial charge on any atom is -0.463 e. The molecular weight excluding hydrogens is 600 g/mol. The lowest BCUT2D eigenvalue weighted by Gasteiger charge is -2.49. The van der Waals surface area contributed by atoms with Gasteiger partial charge in [-0.25, -0.2) is 0 Å². The van der Waals surface area contributed by atoms with Crippen molar-refractivity contribution < 1.29 is 86.0 Å². The van der Waals surface area contributed by atoms with Crippen LogP contribution in [0, 0.1) is 0 Å². The second-order valence-electron chi connectivity index (χ2n) is 9.78. The summed E-state index contributed by atoms with van der Waals surface area (Å²) in [6.07, 6.45) is -13.2. The normalized spacial score (nSPS) is 31.5. The Morgan fingerprint density at radius 3 is 1.61 bits per heavy atom. The molecule has 248 valence electrons. The molecule has 2 saturated heterocycles. The number of carbonyl (C=O) groups excluding carboxylic acids is 7. The van der Waals surface area contributed by atoms with Gasteiger partial charge in [-0.15, -0.1) is 0 Å². The first-order valence-electron chi connectivity index (χ1n) is 13.2. The number of hydrogen-bond donors (Lipinski definition) is 1. The van der Waals surface area contributed by atoms with Crippen LogP contribution in [0.2, 0.25) is 0 Å². The van der Waals surface area contributed by atoms with Crippen LogP contribution in [-0.2, 0) is 80.9 Å². The predicted molar refractivity (Wildman–Crippen MR) is 135 cm³/mol. The van der Waals surface area contributed by atoms with E-state index in [0.29, 0.717) is 0 Å². The molecule has 2 aliphatic heterocycles. The molecule has 2 heterocycles. The molecule has 2 fully saturated rings. The Balaban J connectivity index is 2.69. The monoisotopic (exact) mass is 636 g/mol. The Morgan fingerprint density at radius 1 is 0.636 bits per heavy atom. The lowest BCUT2D eigenvalue weighted by Crippen LogP contribution is -2.69. The second kappa shape index (κ2) is 15.7. The number of hydrogen-bond acceptors (Lipinski definition) is 18. The van der Waals surface area contributed by atoms with E-state index in [2.05, 4.69) is 0 Å². The molecule has 44 heavy (non-hydrogen) atoms. The Hall–Kier alpha value is -3.87. The quantitative estimate of drug-likeness (QED) is 0.203. The number of aliphatic hydroxyl groups is 1. The van der Waals surface area contributed by atoms with E-state index < -0.39 is 116 Å². The van der Waals surface area contributed by atoms with Crippen LogP contribution in [-0.4, -0.2) is 122 Å². The Bertz CT molecular complexity index is 1100. The van der Waals surface area contributed by atoms with Gasteiger partial charge in [0.1, 0.15) is 19.3 Å². The zero-order valence-corrected chi connectivity index (χ0v) is 25.1. The Kier molecular flexibility index (Phi) is 13.0. The number of esters is 7. The van der Waals surface area contributed by atoms with E-state index >= 15 is 0 Å². The fourth-order valence-electron chi connectivity index (χ4n) is 4.45. The topological polar surface area (TPSA) is 232 Å². The summed E-state index contributed by atoms with van der Waals surface area (Å²) in [4.78, 5) is 83.5. The second-order valence-corrected chi connectivity index (χ2v) is 9.78. The average molecular weight is 637 g/mol. The lowest BCUT2D eigenvalue weighted by atomic mass is 9.95. The minimum absolute atomic E-state index is 0.562. The van der Waals surface area contributed by atoms with Crippen molar-refractivity contribution in [2.24, 2.45) is 0 Å². The molecule has 2 aliphatic rings. The molecule has 2 rings (SSSR count). The molecule has 0 saturated carbocycles. The zero-order valence-electron chi connectivity index (χ0n) is 25.1. The van der Waals surface area contributed by atoms with E-state index in [1.54, 1.807) is 0 Å². The molecule has 0 unspecified atom stereocenters. The molecule has 0 aromatic heterocycles. The maximum absolute atomic E-state index is 12.2. The van der Waals surface area contributed by atoms with Gasteiger partial charge in [0.15, 0.2) is 42.9 Å². The highest BCUT2D eigenvalue weighted by molar-refractivity contribution is 5.69. The predicted octanol–water partition coefficient (Wildman–Crippen LogP) is -1.40. The van der Waals surface area contributed by atoms with Crippen LogP contribution in [0.15, 0.2) is 0 Å². The molecule has 18 nitrogen and oxygen atoms in total. The van der Waals surface area contributed by atoms with Crippen LogP contribution in [0.25, 0.3) is 0 Å². The van der Waals surface area contributed by atoms with Crippen LogP contribution in [0.5, 0.6) is 0 Å². The third-order valence-electron chi connectivity index (χ3n) is 5.94. The molecule has 9 atom stereocenters. The zero-order chi connectivity index (χ0) is 33.4. The molecule has 0 aromatic rings. The highest BCUT2D eigenvalue weighted by atomic mass is 16.8. The van der Waals surface area contributed by atoms with Gasteiger partial charge < -0.3 is 52.5 Å². The fraction of sp³-hybridized carbons (Fsp3) is 0.731. The van der Waals surface area contributed by atoms with Gasteiger partial charge in [-0.1, -0.05) is 0 Å². The molecule has 1 N–H and O–H groups in total. The largest absolute Gasteiger partial charge is 0.463 e. The maximum Gasteiger partial charge on any atom is 0.303 e. The molecule has 0 spiro atoms. The summed E-state index contributed by atoms with van der Waals surface area (Å²) >= 11 is 0. The van der Waals surface area contributed by atoms with Crippen molar-refractivity contribution in [3.63, 3.8) is 0 Å². The van der Waals surface area contributed by atoms with Crippen molar-refractivity contribution in [3.05, 3.63) is 0 Å². The molecule has 18 heteroatoms. The third kappa shape index (κ3) is 10.4. The molecule has 0 bridgehead atoms. The van der Waals surface area contributed by atoms with E-state index in [0.717, 1.165) is 48.5 Å². The van der Waals surface area contributed by atoms with Crippen molar-refractivity contribution in [3.8, 4) is 0 Å². The summed E-state index contributed by atoms with van der Waals surface area (Å²) in [6, 6.07) is 0. The first kappa shape index (κ1) is 36.3. The van der Waals surface area contributed by atoms with Crippen LogP contribution in [0.4, 0.5) is 0 Å². The Labute approximate surface area is 251 Å². The third-order valence-corrected chi connectivity index (χ3v) is 5.94. The standard InChI is InChI=1S/C26H36O18/c1-11(27)35-8-18-20(39-14(4)30)22(41-16(6)32)23(42-17(7)33)25(43-18)44-24-21(40-15(5)31)19(38-13(3)29)9-37-26(24,34)10-36-12(2)28/h18-25,34H,8-10H2,1-7H3/t18-,19+,20+,21+,22-,23-,24+,25-,26+/m0/s1. The van der Waals surface area contributed by atoms with Crippen molar-refractivity contribution in [2.75, 3.05) is 19.8 Å². The summed E-state index contributed by atoms with van der Waals surface area (Å²) in [6.45, 7) is 5.16. The van der Waals surface area contributed by atoms with Crippen LogP contribution >= 0.6 is 0 Å². The van der Waals surface area contributed by atoms with Gasteiger partial charge in [0.25, 0.3) is 0 Å². The smallest absolute Gasteiger partial charge is 0.303 e. The van der Waals surface area contributed by atoms with Gasteiger partial charge in [0.05, 0.1) is 6.61 Å². The maximum atomic E-state index is 12.2. The molecule has 0 radical (unpaired) electrons. The van der Waals surface area contributed by atoms with Crippen LogP contribution in [0.3, 0.4) is 0 Å². The minimum atomic E-state index is -2.61. The summed E-state index contributed by atoms with van der Waals surface area (Å²) in [5, 5.41) is 11.5. The van der Waals surface area contributed by atoms with Gasteiger partial charge in [-0.3, -0.25) is 33.6 Å². The summed E-state index contributed by atoms with van der Waals surface area (Å²) in [7, 11) is 0. The van der Waals surface area contributed by atoms with Crippen molar-refractivity contribution >= 4 is 41.8 Å². The molecular formula is C26H36O18. The highest BCUT2D eigenvalue weighted by Crippen LogP contribution is 2.36. The van der Waals surface area contributed by atoms with E-state index in [-0.39, 0.29) is 0 Å². The fourth-order valence-corrected chi connectivity index (χ4v) is 4.45.